The van der Waals surface area contributed by atoms with Crippen molar-refractivity contribution < 1.29 is 9.53 Å². The number of rotatable bonds is 6. The Kier molecular flexibility index (Phi) is 5.83. The summed E-state index contributed by atoms with van der Waals surface area (Å²) < 4.78 is 6.12. The Labute approximate surface area is 139 Å². The summed E-state index contributed by atoms with van der Waals surface area (Å²) in [5.74, 6) is 0.763. The number of nitrogens with one attached hydrogen (secondary N) is 2. The molecular formula is C17H19BrN2O2. The van der Waals surface area contributed by atoms with Gasteiger partial charge in [-0.25, -0.2) is 0 Å². The van der Waals surface area contributed by atoms with Gasteiger partial charge in [-0.15, -0.1) is 0 Å². The SMILES string of the molecule is COc1ccc(CNC(=O)[C@H](C)Nc2ccc(Br)cc2)cc1. The molecular weight excluding hydrogens is 344 g/mol. The maximum atomic E-state index is 12.1. The highest BCUT2D eigenvalue weighted by molar-refractivity contribution is 9.10. The Balaban J connectivity index is 1.84. The van der Waals surface area contributed by atoms with Gasteiger partial charge in [-0.3, -0.25) is 4.79 Å². The van der Waals surface area contributed by atoms with Crippen LogP contribution < -0.4 is 15.4 Å². The molecule has 0 aliphatic rings. The van der Waals surface area contributed by atoms with Gasteiger partial charge in [-0.1, -0.05) is 28.1 Å². The van der Waals surface area contributed by atoms with Crippen molar-refractivity contribution in [3.63, 3.8) is 0 Å². The number of hydrogen-bond acceptors (Lipinski definition) is 3. The van der Waals surface area contributed by atoms with Gasteiger partial charge in [0.25, 0.3) is 0 Å². The molecule has 1 atom stereocenters. The number of benzene rings is 2. The van der Waals surface area contributed by atoms with E-state index in [1.165, 1.54) is 0 Å². The van der Waals surface area contributed by atoms with Crippen molar-refractivity contribution in [3.05, 3.63) is 58.6 Å². The van der Waals surface area contributed by atoms with Crippen LogP contribution in [-0.2, 0) is 11.3 Å². The number of methoxy groups -OCH3 is 1. The second kappa shape index (κ2) is 7.84. The fourth-order valence-electron chi connectivity index (χ4n) is 1.95. The summed E-state index contributed by atoms with van der Waals surface area (Å²) in [5.41, 5.74) is 1.94. The molecule has 2 rings (SSSR count). The molecule has 1 amide bonds. The molecule has 0 saturated carbocycles. The lowest BCUT2D eigenvalue weighted by atomic mass is 10.2. The summed E-state index contributed by atoms with van der Waals surface area (Å²) in [5, 5.41) is 6.09. The summed E-state index contributed by atoms with van der Waals surface area (Å²) in [6, 6.07) is 15.1. The predicted octanol–water partition coefficient (Wildman–Crippen LogP) is 3.57. The maximum absolute atomic E-state index is 12.1. The molecule has 5 heteroatoms. The molecule has 0 radical (unpaired) electrons. The summed E-state index contributed by atoms with van der Waals surface area (Å²) in [7, 11) is 1.63. The summed E-state index contributed by atoms with van der Waals surface area (Å²) in [6.45, 7) is 2.33. The molecule has 2 aromatic rings. The lowest BCUT2D eigenvalue weighted by Gasteiger charge is -2.15. The van der Waals surface area contributed by atoms with Crippen LogP contribution in [0.25, 0.3) is 0 Å². The number of amides is 1. The smallest absolute Gasteiger partial charge is 0.242 e. The van der Waals surface area contributed by atoms with Gasteiger partial charge in [0.05, 0.1) is 7.11 Å². The van der Waals surface area contributed by atoms with Crippen LogP contribution in [0.15, 0.2) is 53.0 Å². The molecule has 2 N–H and O–H groups in total. The van der Waals surface area contributed by atoms with E-state index in [0.29, 0.717) is 6.54 Å². The standard InChI is InChI=1S/C17H19BrN2O2/c1-12(20-15-7-5-14(18)6-8-15)17(21)19-11-13-3-9-16(22-2)10-4-13/h3-10,12,20H,11H2,1-2H3,(H,19,21)/t12-/m0/s1. The number of carbonyl (C=O) groups is 1. The number of halogens is 1. The molecule has 0 heterocycles. The summed E-state index contributed by atoms with van der Waals surface area (Å²) in [4.78, 5) is 12.1. The van der Waals surface area contributed by atoms with Crippen molar-refractivity contribution in [1.82, 2.24) is 5.32 Å². The second-order valence-corrected chi connectivity index (χ2v) is 5.85. The van der Waals surface area contributed by atoms with E-state index >= 15 is 0 Å². The van der Waals surface area contributed by atoms with Crippen molar-refractivity contribution in [3.8, 4) is 5.75 Å². The van der Waals surface area contributed by atoms with Crippen molar-refractivity contribution in [1.29, 1.82) is 0 Å². The molecule has 0 aliphatic heterocycles. The van der Waals surface area contributed by atoms with Gasteiger partial charge in [0.15, 0.2) is 0 Å². The molecule has 4 nitrogen and oxygen atoms in total. The van der Waals surface area contributed by atoms with Crippen LogP contribution in [0.4, 0.5) is 5.69 Å². The van der Waals surface area contributed by atoms with Crippen LogP contribution >= 0.6 is 15.9 Å². The quantitative estimate of drug-likeness (QED) is 0.825. The fourth-order valence-corrected chi connectivity index (χ4v) is 2.21. The van der Waals surface area contributed by atoms with E-state index in [4.69, 9.17) is 4.74 Å². The highest BCUT2D eigenvalue weighted by Crippen LogP contribution is 2.15. The molecule has 0 fully saturated rings. The Bertz CT molecular complexity index is 612. The van der Waals surface area contributed by atoms with E-state index in [9.17, 15) is 4.79 Å². The monoisotopic (exact) mass is 362 g/mol. The molecule has 0 unspecified atom stereocenters. The van der Waals surface area contributed by atoms with Crippen LogP contribution in [0.3, 0.4) is 0 Å². The van der Waals surface area contributed by atoms with Gasteiger partial charge in [0, 0.05) is 16.7 Å². The number of ether oxygens (including phenoxy) is 1. The van der Waals surface area contributed by atoms with Crippen LogP contribution in [0, 0.1) is 0 Å². The maximum Gasteiger partial charge on any atom is 0.242 e. The van der Waals surface area contributed by atoms with Crippen molar-refractivity contribution >= 4 is 27.5 Å². The lowest BCUT2D eigenvalue weighted by molar-refractivity contribution is -0.121. The Morgan fingerprint density at radius 2 is 1.77 bits per heavy atom. The Morgan fingerprint density at radius 1 is 1.14 bits per heavy atom. The van der Waals surface area contributed by atoms with Crippen LogP contribution in [0.5, 0.6) is 5.75 Å². The van der Waals surface area contributed by atoms with Gasteiger partial charge in [0.2, 0.25) is 5.91 Å². The molecule has 116 valence electrons. The van der Waals surface area contributed by atoms with Crippen molar-refractivity contribution in [2.45, 2.75) is 19.5 Å². The minimum atomic E-state index is -0.306. The summed E-state index contributed by atoms with van der Waals surface area (Å²) >= 11 is 3.39. The van der Waals surface area contributed by atoms with E-state index in [-0.39, 0.29) is 11.9 Å². The first-order chi connectivity index (χ1) is 10.6. The normalized spacial score (nSPS) is 11.6. The molecule has 2 aromatic carbocycles. The third-order valence-corrected chi connectivity index (χ3v) is 3.78. The van der Waals surface area contributed by atoms with Crippen molar-refractivity contribution in [2.24, 2.45) is 0 Å². The van der Waals surface area contributed by atoms with E-state index in [1.807, 2.05) is 55.5 Å². The fraction of sp³-hybridized carbons (Fsp3) is 0.235. The molecule has 22 heavy (non-hydrogen) atoms. The molecule has 0 aliphatic carbocycles. The average molecular weight is 363 g/mol. The average Bonchev–Trinajstić information content (AvgIpc) is 2.55. The number of hydrogen-bond donors (Lipinski definition) is 2. The van der Waals surface area contributed by atoms with Crippen LogP contribution in [0.2, 0.25) is 0 Å². The zero-order chi connectivity index (χ0) is 15.9. The summed E-state index contributed by atoms with van der Waals surface area (Å²) in [6.07, 6.45) is 0. The Morgan fingerprint density at radius 3 is 2.36 bits per heavy atom. The number of carbonyl (C=O) groups excluding carboxylic acids is 1. The minimum absolute atomic E-state index is 0.0428. The van der Waals surface area contributed by atoms with Crippen molar-refractivity contribution in [2.75, 3.05) is 12.4 Å². The minimum Gasteiger partial charge on any atom is -0.497 e. The first kappa shape index (κ1) is 16.4. The van der Waals surface area contributed by atoms with Gasteiger partial charge >= 0.3 is 0 Å². The highest BCUT2D eigenvalue weighted by Gasteiger charge is 2.12. The van der Waals surface area contributed by atoms with Gasteiger partial charge < -0.3 is 15.4 Å². The lowest BCUT2D eigenvalue weighted by Crippen LogP contribution is -2.37. The van der Waals surface area contributed by atoms with E-state index in [0.717, 1.165) is 21.5 Å². The van der Waals surface area contributed by atoms with Gasteiger partial charge in [-0.05, 0) is 48.9 Å². The van der Waals surface area contributed by atoms with E-state index in [1.54, 1.807) is 7.11 Å². The van der Waals surface area contributed by atoms with E-state index in [2.05, 4.69) is 26.6 Å². The zero-order valence-electron chi connectivity index (χ0n) is 12.6. The topological polar surface area (TPSA) is 50.4 Å². The zero-order valence-corrected chi connectivity index (χ0v) is 14.2. The second-order valence-electron chi connectivity index (χ2n) is 4.94. The van der Waals surface area contributed by atoms with Gasteiger partial charge in [-0.2, -0.15) is 0 Å². The first-order valence-corrected chi connectivity index (χ1v) is 7.80. The third-order valence-electron chi connectivity index (χ3n) is 3.25. The molecule has 0 spiro atoms. The molecule has 0 saturated heterocycles. The van der Waals surface area contributed by atoms with E-state index < -0.39 is 0 Å². The first-order valence-electron chi connectivity index (χ1n) is 7.01. The highest BCUT2D eigenvalue weighted by atomic mass is 79.9. The van der Waals surface area contributed by atoms with Gasteiger partial charge in [0.1, 0.15) is 11.8 Å². The van der Waals surface area contributed by atoms with Crippen LogP contribution in [-0.4, -0.2) is 19.1 Å². The third kappa shape index (κ3) is 4.77. The predicted molar refractivity (Wildman–Crippen MR) is 92.1 cm³/mol. The largest absolute Gasteiger partial charge is 0.497 e. The molecule has 0 aromatic heterocycles. The molecule has 0 bridgehead atoms. The Hall–Kier alpha value is -2.01. The van der Waals surface area contributed by atoms with Crippen LogP contribution in [0.1, 0.15) is 12.5 Å². The number of anilines is 1.